The summed E-state index contributed by atoms with van der Waals surface area (Å²) in [6.07, 6.45) is 1.92. The van der Waals surface area contributed by atoms with Crippen molar-refractivity contribution in [3.05, 3.63) is 106 Å². The topological polar surface area (TPSA) is 40.6 Å². The van der Waals surface area contributed by atoms with Crippen LogP contribution in [0.4, 0.5) is 0 Å². The first-order chi connectivity index (χ1) is 15.4. The third-order valence-corrected chi connectivity index (χ3v) is 8.21. The fourth-order valence-corrected chi connectivity index (χ4v) is 6.29. The fraction of sp³-hybridized carbons (Fsp3) is 0.200. The third-order valence-electron chi connectivity index (χ3n) is 5.96. The van der Waals surface area contributed by atoms with Gasteiger partial charge in [-0.3, -0.25) is 5.01 Å². The molecule has 7 heteroatoms. The second-order valence-electron chi connectivity index (χ2n) is 8.13. The van der Waals surface area contributed by atoms with E-state index in [1.807, 2.05) is 66.5 Å². The predicted molar refractivity (Wildman–Crippen MR) is 129 cm³/mol. The molecule has 3 aromatic rings. The third kappa shape index (κ3) is 3.73. The van der Waals surface area contributed by atoms with Crippen LogP contribution in [0, 0.1) is 0 Å². The van der Waals surface area contributed by atoms with Crippen molar-refractivity contribution >= 4 is 38.8 Å². The number of nitrogens with zero attached hydrogens (tertiary/aromatic N) is 2. The van der Waals surface area contributed by atoms with Crippen LogP contribution >= 0.6 is 23.2 Å². The van der Waals surface area contributed by atoms with Crippen LogP contribution in [-0.2, 0) is 10.0 Å². The van der Waals surface area contributed by atoms with E-state index >= 15 is 0 Å². The Morgan fingerprint density at radius 2 is 1.38 bits per heavy atom. The van der Waals surface area contributed by atoms with Crippen molar-refractivity contribution < 1.29 is 8.42 Å². The van der Waals surface area contributed by atoms with E-state index in [9.17, 15) is 8.42 Å². The molecular weight excluding hydrogens is 463 g/mol. The number of halogens is 2. The van der Waals surface area contributed by atoms with Crippen molar-refractivity contribution in [1.29, 1.82) is 0 Å². The predicted octanol–water partition coefficient (Wildman–Crippen LogP) is 6.55. The number of hydrazine groups is 1. The number of sulfonamides is 1. The molecule has 4 nitrogen and oxygen atoms in total. The standard InChI is InChI=1S/C25H22Cl2N2O2S/c1-17-24(18-5-3-2-4-6-18)25(19-7-9-20(26)10-8-19)29(28(17)22-13-14-22)32(30,31)23-15-11-21(27)12-16-23/h2-12,15-16,22,25H,13-14H2,1H3. The van der Waals surface area contributed by atoms with E-state index in [0.717, 1.165) is 35.2 Å². The second-order valence-corrected chi connectivity index (χ2v) is 10.8. The Bertz CT molecular complexity index is 1270. The maximum absolute atomic E-state index is 14.0. The minimum Gasteiger partial charge on any atom is -0.292 e. The molecule has 164 valence electrons. The van der Waals surface area contributed by atoms with Gasteiger partial charge in [0.1, 0.15) is 0 Å². The van der Waals surface area contributed by atoms with Crippen LogP contribution < -0.4 is 0 Å². The SMILES string of the molecule is CC1=C(c2ccccc2)C(c2ccc(Cl)cc2)N(S(=O)(=O)c2ccc(Cl)cc2)N1C1CC1. The van der Waals surface area contributed by atoms with Crippen molar-refractivity contribution in [2.24, 2.45) is 0 Å². The van der Waals surface area contributed by atoms with Gasteiger partial charge in [-0.25, -0.2) is 8.42 Å². The van der Waals surface area contributed by atoms with Crippen molar-refractivity contribution in [3.8, 4) is 0 Å². The minimum absolute atomic E-state index is 0.160. The van der Waals surface area contributed by atoms with E-state index in [1.54, 1.807) is 28.7 Å². The number of hydrogen-bond acceptors (Lipinski definition) is 3. The van der Waals surface area contributed by atoms with Gasteiger partial charge in [0.05, 0.1) is 10.9 Å². The Morgan fingerprint density at radius 3 is 1.94 bits per heavy atom. The molecule has 3 aromatic carbocycles. The molecule has 1 aliphatic heterocycles. The van der Waals surface area contributed by atoms with E-state index in [2.05, 4.69) is 0 Å². The molecule has 1 aliphatic carbocycles. The monoisotopic (exact) mass is 484 g/mol. The van der Waals surface area contributed by atoms with Gasteiger partial charge < -0.3 is 0 Å². The molecule has 0 aromatic heterocycles. The van der Waals surface area contributed by atoms with Gasteiger partial charge in [-0.05, 0) is 67.3 Å². The molecule has 1 unspecified atom stereocenters. The molecule has 1 saturated carbocycles. The molecule has 0 bridgehead atoms. The number of allylic oxidation sites excluding steroid dienone is 1. The lowest BCUT2D eigenvalue weighted by Gasteiger charge is -2.34. The van der Waals surface area contributed by atoms with E-state index in [-0.39, 0.29) is 10.9 Å². The Morgan fingerprint density at radius 1 is 0.812 bits per heavy atom. The summed E-state index contributed by atoms with van der Waals surface area (Å²) in [6, 6.07) is 23.4. The highest BCUT2D eigenvalue weighted by Crippen LogP contribution is 2.51. The van der Waals surface area contributed by atoms with Crippen LogP contribution in [0.25, 0.3) is 5.57 Å². The summed E-state index contributed by atoms with van der Waals surface area (Å²) in [6.45, 7) is 2.01. The van der Waals surface area contributed by atoms with Crippen LogP contribution in [-0.4, -0.2) is 23.9 Å². The van der Waals surface area contributed by atoms with E-state index in [0.29, 0.717) is 10.0 Å². The summed E-state index contributed by atoms with van der Waals surface area (Å²) in [4.78, 5) is 0.216. The van der Waals surface area contributed by atoms with Gasteiger partial charge in [0.15, 0.2) is 0 Å². The Labute approximate surface area is 198 Å². The van der Waals surface area contributed by atoms with Crippen molar-refractivity contribution in [3.63, 3.8) is 0 Å². The summed E-state index contributed by atoms with van der Waals surface area (Å²) in [5, 5.41) is 3.09. The zero-order valence-corrected chi connectivity index (χ0v) is 19.8. The van der Waals surface area contributed by atoms with Crippen LogP contribution in [0.1, 0.15) is 36.9 Å². The van der Waals surface area contributed by atoms with Crippen LogP contribution in [0.3, 0.4) is 0 Å². The van der Waals surface area contributed by atoms with Crippen LogP contribution in [0.15, 0.2) is 89.5 Å². The van der Waals surface area contributed by atoms with Gasteiger partial charge in [-0.1, -0.05) is 70.1 Å². The normalized spacial score (nSPS) is 19.6. The number of rotatable bonds is 5. The molecule has 0 saturated heterocycles. The molecule has 0 radical (unpaired) electrons. The summed E-state index contributed by atoms with van der Waals surface area (Å²) in [5.41, 5.74) is 3.81. The van der Waals surface area contributed by atoms with E-state index in [4.69, 9.17) is 23.2 Å². The van der Waals surface area contributed by atoms with Gasteiger partial charge in [-0.2, -0.15) is 0 Å². The highest BCUT2D eigenvalue weighted by Gasteiger charge is 2.50. The molecular formula is C25H22Cl2N2O2S. The summed E-state index contributed by atoms with van der Waals surface area (Å²) in [5.74, 6) is 0. The first-order valence-electron chi connectivity index (χ1n) is 10.5. The molecule has 1 atom stereocenters. The molecule has 0 amide bonds. The highest BCUT2D eigenvalue weighted by molar-refractivity contribution is 7.89. The van der Waals surface area contributed by atoms with Crippen molar-refractivity contribution in [1.82, 2.24) is 9.42 Å². The van der Waals surface area contributed by atoms with Gasteiger partial charge in [0.2, 0.25) is 0 Å². The maximum Gasteiger partial charge on any atom is 0.260 e. The fourth-order valence-electron chi connectivity index (χ4n) is 4.35. The first-order valence-corrected chi connectivity index (χ1v) is 12.7. The molecule has 1 heterocycles. The highest BCUT2D eigenvalue weighted by atomic mass is 35.5. The first kappa shape index (κ1) is 21.5. The van der Waals surface area contributed by atoms with E-state index < -0.39 is 16.1 Å². The lowest BCUT2D eigenvalue weighted by atomic mass is 9.93. The maximum atomic E-state index is 14.0. The number of benzene rings is 3. The molecule has 5 rings (SSSR count). The Kier molecular flexibility index (Phi) is 5.54. The van der Waals surface area contributed by atoms with E-state index in [1.165, 1.54) is 0 Å². The summed E-state index contributed by atoms with van der Waals surface area (Å²) < 4.78 is 29.7. The van der Waals surface area contributed by atoms with Gasteiger partial charge in [0.25, 0.3) is 10.0 Å². The summed E-state index contributed by atoms with van der Waals surface area (Å²) in [7, 11) is -3.86. The molecule has 2 aliphatic rings. The summed E-state index contributed by atoms with van der Waals surface area (Å²) >= 11 is 12.2. The van der Waals surface area contributed by atoms with Crippen molar-refractivity contribution in [2.45, 2.75) is 36.7 Å². The largest absolute Gasteiger partial charge is 0.292 e. The average Bonchev–Trinajstić information content (AvgIpc) is 3.58. The molecule has 0 N–H and O–H groups in total. The van der Waals surface area contributed by atoms with Crippen LogP contribution in [0.2, 0.25) is 10.0 Å². The van der Waals surface area contributed by atoms with Crippen LogP contribution in [0.5, 0.6) is 0 Å². The molecule has 32 heavy (non-hydrogen) atoms. The zero-order chi connectivity index (χ0) is 22.5. The lowest BCUT2D eigenvalue weighted by molar-refractivity contribution is 0.0942. The lowest BCUT2D eigenvalue weighted by Crippen LogP contribution is -2.44. The van der Waals surface area contributed by atoms with Crippen molar-refractivity contribution in [2.75, 3.05) is 0 Å². The quantitative estimate of drug-likeness (QED) is 0.412. The zero-order valence-electron chi connectivity index (χ0n) is 17.4. The molecule has 0 spiro atoms. The molecule has 1 fully saturated rings. The minimum atomic E-state index is -3.86. The second kappa shape index (κ2) is 8.23. The average molecular weight is 485 g/mol. The Balaban J connectivity index is 1.73. The van der Waals surface area contributed by atoms with Gasteiger partial charge >= 0.3 is 0 Å². The smallest absolute Gasteiger partial charge is 0.260 e. The number of hydrogen-bond donors (Lipinski definition) is 0. The Hall–Kier alpha value is -2.31. The van der Waals surface area contributed by atoms with Gasteiger partial charge in [0, 0.05) is 27.4 Å². The van der Waals surface area contributed by atoms with Gasteiger partial charge in [-0.15, -0.1) is 0 Å².